The van der Waals surface area contributed by atoms with Crippen molar-refractivity contribution in [3.05, 3.63) is 166 Å². The van der Waals surface area contributed by atoms with Gasteiger partial charge in [-0.05, 0) is 117 Å². The van der Waals surface area contributed by atoms with Crippen LogP contribution in [-0.4, -0.2) is 0 Å². The van der Waals surface area contributed by atoms with Crippen molar-refractivity contribution < 1.29 is 0 Å². The average Bonchev–Trinajstić information content (AvgIpc) is 3.36. The Morgan fingerprint density at radius 1 is 0.447 bits per heavy atom. The summed E-state index contributed by atoms with van der Waals surface area (Å²) in [5, 5.41) is 0. The van der Waals surface area contributed by atoms with Gasteiger partial charge in [-0.15, -0.1) is 0 Å². The maximum atomic E-state index is 6.28. The number of nitrogens with two attached hydrogens (primary N) is 2. The van der Waals surface area contributed by atoms with E-state index in [2.05, 4.69) is 139 Å². The van der Waals surface area contributed by atoms with Crippen LogP contribution in [0.2, 0.25) is 0 Å². The predicted octanol–water partition coefficient (Wildman–Crippen LogP) is 11.4. The molecular formula is C45H44N2. The van der Waals surface area contributed by atoms with E-state index in [1.165, 1.54) is 77.9 Å². The van der Waals surface area contributed by atoms with Gasteiger partial charge in [0.05, 0.1) is 5.41 Å². The topological polar surface area (TPSA) is 52.0 Å². The summed E-state index contributed by atoms with van der Waals surface area (Å²) in [6.07, 6.45) is 0. The molecule has 0 aliphatic heterocycles. The third kappa shape index (κ3) is 4.86. The van der Waals surface area contributed by atoms with Gasteiger partial charge in [0.1, 0.15) is 0 Å². The first-order valence-corrected chi connectivity index (χ1v) is 16.8. The summed E-state index contributed by atoms with van der Waals surface area (Å²) in [4.78, 5) is 0. The van der Waals surface area contributed by atoms with Crippen molar-refractivity contribution in [2.75, 3.05) is 11.5 Å². The average molecular weight is 613 g/mol. The Hall–Kier alpha value is -5.08. The van der Waals surface area contributed by atoms with Crippen LogP contribution in [0.5, 0.6) is 0 Å². The van der Waals surface area contributed by atoms with Gasteiger partial charge >= 0.3 is 0 Å². The molecule has 1 aliphatic carbocycles. The molecule has 0 fully saturated rings. The molecule has 4 N–H and O–H groups in total. The summed E-state index contributed by atoms with van der Waals surface area (Å²) in [5.41, 5.74) is 31.5. The van der Waals surface area contributed by atoms with Crippen molar-refractivity contribution in [3.63, 3.8) is 0 Å². The van der Waals surface area contributed by atoms with Crippen LogP contribution in [0.4, 0.5) is 11.4 Å². The van der Waals surface area contributed by atoms with Crippen LogP contribution < -0.4 is 11.5 Å². The van der Waals surface area contributed by atoms with Gasteiger partial charge in [-0.3, -0.25) is 0 Å². The summed E-state index contributed by atoms with van der Waals surface area (Å²) in [6.45, 7) is 13.7. The Morgan fingerprint density at radius 3 is 1.17 bits per heavy atom. The standard InChI is InChI=1S/C45H44N2/c1-27(2)37-23-29(5)25-41(43(37)31-15-19-33(46)20-16-31)45(39-13-9-7-11-35(39)36-12-8-10-14-40(36)45)42-26-30(6)24-38(28(3)4)44(42)32-17-21-34(47)22-18-32/h7-28H,46-47H2,1-6H3. The molecule has 0 bridgehead atoms. The molecule has 2 heteroatoms. The van der Waals surface area contributed by atoms with E-state index in [1.54, 1.807) is 0 Å². The zero-order valence-electron chi connectivity index (χ0n) is 28.4. The van der Waals surface area contributed by atoms with E-state index >= 15 is 0 Å². The second-order valence-corrected chi connectivity index (χ2v) is 13.9. The van der Waals surface area contributed by atoms with Crippen molar-refractivity contribution >= 4 is 11.4 Å². The first-order valence-electron chi connectivity index (χ1n) is 16.8. The molecule has 0 saturated carbocycles. The summed E-state index contributed by atoms with van der Waals surface area (Å²) < 4.78 is 0. The molecule has 1 aliphatic rings. The largest absolute Gasteiger partial charge is 0.399 e. The van der Waals surface area contributed by atoms with Crippen LogP contribution in [0.3, 0.4) is 0 Å². The molecule has 47 heavy (non-hydrogen) atoms. The number of rotatable bonds is 6. The smallest absolute Gasteiger partial charge is 0.0725 e. The van der Waals surface area contributed by atoms with Crippen LogP contribution in [0, 0.1) is 13.8 Å². The Bertz CT molecular complexity index is 1960. The Labute approximate surface area is 280 Å². The highest BCUT2D eigenvalue weighted by Crippen LogP contribution is 2.60. The highest BCUT2D eigenvalue weighted by molar-refractivity contribution is 5.92. The van der Waals surface area contributed by atoms with E-state index in [0.29, 0.717) is 11.8 Å². The van der Waals surface area contributed by atoms with Gasteiger partial charge in [0.15, 0.2) is 0 Å². The Balaban J connectivity index is 1.77. The number of anilines is 2. The zero-order valence-corrected chi connectivity index (χ0v) is 28.4. The molecule has 0 amide bonds. The van der Waals surface area contributed by atoms with E-state index in [1.807, 2.05) is 24.3 Å². The van der Waals surface area contributed by atoms with E-state index in [9.17, 15) is 0 Å². The molecule has 0 radical (unpaired) electrons. The van der Waals surface area contributed by atoms with Crippen molar-refractivity contribution in [3.8, 4) is 33.4 Å². The fourth-order valence-electron chi connectivity index (χ4n) is 8.04. The lowest BCUT2D eigenvalue weighted by Gasteiger charge is -2.39. The molecule has 6 aromatic rings. The van der Waals surface area contributed by atoms with E-state index < -0.39 is 5.41 Å². The lowest BCUT2D eigenvalue weighted by atomic mass is 9.62. The second kappa shape index (κ2) is 11.6. The lowest BCUT2D eigenvalue weighted by molar-refractivity contribution is 0.756. The first-order chi connectivity index (χ1) is 22.6. The Morgan fingerprint density at radius 2 is 0.809 bits per heavy atom. The maximum absolute atomic E-state index is 6.28. The van der Waals surface area contributed by atoms with Crippen molar-refractivity contribution in [2.24, 2.45) is 0 Å². The monoisotopic (exact) mass is 612 g/mol. The number of aryl methyl sites for hydroxylation is 2. The fourth-order valence-corrected chi connectivity index (χ4v) is 8.04. The van der Waals surface area contributed by atoms with E-state index in [0.717, 1.165) is 11.4 Å². The van der Waals surface area contributed by atoms with E-state index in [-0.39, 0.29) is 0 Å². The number of nitrogen functional groups attached to an aromatic ring is 2. The molecule has 6 aromatic carbocycles. The minimum absolute atomic E-state index is 0.311. The van der Waals surface area contributed by atoms with Gasteiger partial charge in [0, 0.05) is 11.4 Å². The maximum Gasteiger partial charge on any atom is 0.0725 e. The van der Waals surface area contributed by atoms with Crippen LogP contribution in [0.15, 0.2) is 121 Å². The number of hydrogen-bond donors (Lipinski definition) is 2. The van der Waals surface area contributed by atoms with Gasteiger partial charge in [0.2, 0.25) is 0 Å². The van der Waals surface area contributed by atoms with Crippen LogP contribution in [0.25, 0.3) is 33.4 Å². The minimum atomic E-state index is -0.605. The molecule has 7 rings (SSSR count). The fraction of sp³-hybridized carbons (Fsp3) is 0.200. The molecule has 0 atom stereocenters. The van der Waals surface area contributed by atoms with Crippen LogP contribution >= 0.6 is 0 Å². The first kappa shape index (κ1) is 30.6. The number of fused-ring (bicyclic) bond motifs is 3. The SMILES string of the molecule is Cc1cc(C(C)C)c(-c2ccc(N)cc2)c(C2(c3cc(C)cc(C(C)C)c3-c3ccc(N)cc3)c3ccccc3-c3ccccc32)c1. The summed E-state index contributed by atoms with van der Waals surface area (Å²) >= 11 is 0. The van der Waals surface area contributed by atoms with Crippen molar-refractivity contribution in [1.29, 1.82) is 0 Å². The molecular weight excluding hydrogens is 569 g/mol. The molecule has 0 spiro atoms. The van der Waals surface area contributed by atoms with Gasteiger partial charge in [-0.1, -0.05) is 136 Å². The normalized spacial score (nSPS) is 13.2. The molecule has 0 unspecified atom stereocenters. The van der Waals surface area contributed by atoms with Gasteiger partial charge < -0.3 is 11.5 Å². The highest BCUT2D eigenvalue weighted by Gasteiger charge is 2.49. The zero-order chi connectivity index (χ0) is 33.0. The van der Waals surface area contributed by atoms with Crippen LogP contribution in [0.1, 0.15) is 84.0 Å². The summed E-state index contributed by atoms with van der Waals surface area (Å²) in [6, 6.07) is 44.8. The number of hydrogen-bond acceptors (Lipinski definition) is 2. The minimum Gasteiger partial charge on any atom is -0.399 e. The summed E-state index contributed by atoms with van der Waals surface area (Å²) in [7, 11) is 0. The van der Waals surface area contributed by atoms with E-state index in [4.69, 9.17) is 11.5 Å². The Kier molecular flexibility index (Phi) is 7.56. The predicted molar refractivity (Wildman–Crippen MR) is 201 cm³/mol. The van der Waals surface area contributed by atoms with Crippen molar-refractivity contribution in [1.82, 2.24) is 0 Å². The third-order valence-corrected chi connectivity index (χ3v) is 10.0. The molecule has 0 saturated heterocycles. The van der Waals surface area contributed by atoms with Gasteiger partial charge in [-0.25, -0.2) is 0 Å². The van der Waals surface area contributed by atoms with Crippen molar-refractivity contribution in [2.45, 2.75) is 58.8 Å². The third-order valence-electron chi connectivity index (χ3n) is 10.0. The molecule has 0 heterocycles. The molecule has 234 valence electrons. The number of benzene rings is 6. The molecule has 2 nitrogen and oxygen atoms in total. The highest BCUT2D eigenvalue weighted by atomic mass is 14.5. The lowest BCUT2D eigenvalue weighted by Crippen LogP contribution is -2.31. The molecule has 0 aromatic heterocycles. The van der Waals surface area contributed by atoms with Gasteiger partial charge in [0.25, 0.3) is 0 Å². The van der Waals surface area contributed by atoms with Gasteiger partial charge in [-0.2, -0.15) is 0 Å². The van der Waals surface area contributed by atoms with Crippen LogP contribution in [-0.2, 0) is 5.41 Å². The quantitative estimate of drug-likeness (QED) is 0.184. The summed E-state index contributed by atoms with van der Waals surface area (Å²) in [5.74, 6) is 0.621. The second-order valence-electron chi connectivity index (χ2n) is 13.9.